The zero-order chi connectivity index (χ0) is 22.4. The number of rotatable bonds is 10. The second-order valence-corrected chi connectivity index (χ2v) is 9.51. The summed E-state index contributed by atoms with van der Waals surface area (Å²) in [5.74, 6) is 0.0420. The van der Waals surface area contributed by atoms with Crippen LogP contribution in [-0.4, -0.2) is 17.8 Å². The lowest BCUT2D eigenvalue weighted by molar-refractivity contribution is -0.144. The molecule has 0 radical (unpaired) electrons. The van der Waals surface area contributed by atoms with E-state index in [1.54, 1.807) is 0 Å². The number of hydrogen-bond acceptors (Lipinski definition) is 4. The summed E-state index contributed by atoms with van der Waals surface area (Å²) in [6, 6.07) is 4.53. The molecule has 0 fully saturated rings. The van der Waals surface area contributed by atoms with Gasteiger partial charge in [-0.05, 0) is 59.3 Å². The molecule has 1 aromatic carbocycles. The minimum atomic E-state index is -0.518. The van der Waals surface area contributed by atoms with Gasteiger partial charge in [0.1, 0.15) is 6.61 Å². The number of amides is 2. The first-order chi connectivity index (χ1) is 14.0. The van der Waals surface area contributed by atoms with Crippen LogP contribution in [0.15, 0.2) is 23.8 Å². The topological polar surface area (TPSA) is 72.5 Å². The molecule has 2 amide bonds. The first-order valence-electron chi connectivity index (χ1n) is 10.9. The first kappa shape index (κ1) is 23.8. The van der Waals surface area contributed by atoms with E-state index in [4.69, 9.17) is 4.74 Å². The lowest BCUT2D eigenvalue weighted by atomic mass is 9.87. The molecular weight excluding hydrogens is 378 g/mol. The van der Waals surface area contributed by atoms with Crippen LogP contribution < -0.4 is 5.32 Å². The number of benzene rings is 1. The minimum absolute atomic E-state index is 0.155. The van der Waals surface area contributed by atoms with E-state index in [1.807, 2.05) is 0 Å². The molecule has 0 unspecified atom stereocenters. The van der Waals surface area contributed by atoms with Crippen molar-refractivity contribution < 1.29 is 19.1 Å². The Hall–Kier alpha value is -2.43. The molecule has 164 valence electrons. The van der Waals surface area contributed by atoms with Gasteiger partial charge in [0, 0.05) is 11.6 Å². The van der Waals surface area contributed by atoms with Crippen molar-refractivity contribution in [3.8, 4) is 0 Å². The van der Waals surface area contributed by atoms with Gasteiger partial charge in [-0.15, -0.1) is 0 Å². The van der Waals surface area contributed by atoms with Gasteiger partial charge in [-0.1, -0.05) is 53.7 Å². The summed E-state index contributed by atoms with van der Waals surface area (Å²) in [6.45, 7) is 13.4. The Bertz CT molecular complexity index is 803. The standard InChI is InChI=1S/C25H35NO4/c1-15(2)7-18-10-19(8-16(3)4)22(20(11-18)9-17(5)6)14-30-24(28)13-21-12-23(27)26-25(21)29/h10-12,15-17H,7-9,13-14H2,1-6H3,(H,26,27,29). The van der Waals surface area contributed by atoms with Crippen LogP contribution in [0.2, 0.25) is 0 Å². The van der Waals surface area contributed by atoms with Crippen LogP contribution in [0.3, 0.4) is 0 Å². The minimum Gasteiger partial charge on any atom is -0.461 e. The van der Waals surface area contributed by atoms with Gasteiger partial charge in [0.15, 0.2) is 0 Å². The normalized spacial score (nSPS) is 14.0. The maximum Gasteiger partial charge on any atom is 0.310 e. The molecule has 1 N–H and O–H groups in total. The number of ether oxygens (including phenoxy) is 1. The van der Waals surface area contributed by atoms with Crippen LogP contribution in [0.5, 0.6) is 0 Å². The van der Waals surface area contributed by atoms with Crippen molar-refractivity contribution in [2.75, 3.05) is 0 Å². The van der Waals surface area contributed by atoms with Gasteiger partial charge in [-0.25, -0.2) is 0 Å². The Kier molecular flexibility index (Phi) is 8.39. The maximum absolute atomic E-state index is 12.3. The Morgan fingerprint density at radius 2 is 1.43 bits per heavy atom. The molecule has 1 heterocycles. The Balaban J connectivity index is 2.26. The second-order valence-electron chi connectivity index (χ2n) is 9.51. The quantitative estimate of drug-likeness (QED) is 0.459. The van der Waals surface area contributed by atoms with Gasteiger partial charge in [0.25, 0.3) is 11.8 Å². The van der Waals surface area contributed by atoms with Gasteiger partial charge < -0.3 is 4.74 Å². The fourth-order valence-corrected chi connectivity index (χ4v) is 3.83. The van der Waals surface area contributed by atoms with Crippen LogP contribution in [-0.2, 0) is 45.0 Å². The van der Waals surface area contributed by atoms with Crippen molar-refractivity contribution in [3.63, 3.8) is 0 Å². The van der Waals surface area contributed by atoms with E-state index < -0.39 is 17.8 Å². The number of esters is 1. The molecule has 1 aromatic rings. The molecule has 0 atom stereocenters. The van der Waals surface area contributed by atoms with Crippen molar-refractivity contribution in [1.82, 2.24) is 5.32 Å². The summed E-state index contributed by atoms with van der Waals surface area (Å²) < 4.78 is 5.57. The number of hydrogen-bond donors (Lipinski definition) is 1. The van der Waals surface area contributed by atoms with Crippen LogP contribution in [0, 0.1) is 17.8 Å². The highest BCUT2D eigenvalue weighted by atomic mass is 16.5. The van der Waals surface area contributed by atoms with Gasteiger partial charge in [0.2, 0.25) is 0 Å². The highest BCUT2D eigenvalue weighted by Crippen LogP contribution is 2.26. The van der Waals surface area contributed by atoms with E-state index >= 15 is 0 Å². The van der Waals surface area contributed by atoms with Gasteiger partial charge in [0.05, 0.1) is 6.42 Å². The monoisotopic (exact) mass is 413 g/mol. The highest BCUT2D eigenvalue weighted by molar-refractivity contribution is 6.17. The van der Waals surface area contributed by atoms with E-state index in [1.165, 1.54) is 22.8 Å². The molecule has 30 heavy (non-hydrogen) atoms. The molecule has 0 aromatic heterocycles. The summed E-state index contributed by atoms with van der Waals surface area (Å²) in [5.41, 5.74) is 5.04. The molecule has 5 heteroatoms. The fourth-order valence-electron chi connectivity index (χ4n) is 3.83. The number of carbonyl (C=O) groups is 3. The highest BCUT2D eigenvalue weighted by Gasteiger charge is 2.24. The largest absolute Gasteiger partial charge is 0.461 e. The lowest BCUT2D eigenvalue weighted by Crippen LogP contribution is -2.23. The average molecular weight is 414 g/mol. The Morgan fingerprint density at radius 3 is 1.87 bits per heavy atom. The van der Waals surface area contributed by atoms with Crippen molar-refractivity contribution in [2.24, 2.45) is 17.8 Å². The second kappa shape index (κ2) is 10.6. The summed E-state index contributed by atoms with van der Waals surface area (Å²) in [4.78, 5) is 35.3. The average Bonchev–Trinajstić information content (AvgIpc) is 2.89. The zero-order valence-corrected chi connectivity index (χ0v) is 19.1. The van der Waals surface area contributed by atoms with Crippen LogP contribution in [0.4, 0.5) is 0 Å². The predicted molar refractivity (Wildman–Crippen MR) is 118 cm³/mol. The third-order valence-corrected chi connectivity index (χ3v) is 4.94. The van der Waals surface area contributed by atoms with E-state index in [9.17, 15) is 14.4 Å². The van der Waals surface area contributed by atoms with Gasteiger partial charge >= 0.3 is 5.97 Å². The van der Waals surface area contributed by atoms with Crippen LogP contribution >= 0.6 is 0 Å². The molecule has 0 saturated heterocycles. The molecule has 1 aliphatic heterocycles. The smallest absolute Gasteiger partial charge is 0.310 e. The molecule has 0 saturated carbocycles. The van der Waals surface area contributed by atoms with Crippen molar-refractivity contribution in [2.45, 2.75) is 73.8 Å². The van der Waals surface area contributed by atoms with Crippen molar-refractivity contribution in [3.05, 3.63) is 46.0 Å². The molecular formula is C25H35NO4. The summed E-state index contributed by atoms with van der Waals surface area (Å²) in [5, 5.41) is 2.15. The first-order valence-corrected chi connectivity index (χ1v) is 10.9. The molecule has 0 spiro atoms. The van der Waals surface area contributed by atoms with Crippen molar-refractivity contribution >= 4 is 17.8 Å². The Morgan fingerprint density at radius 1 is 0.900 bits per heavy atom. The SMILES string of the molecule is CC(C)Cc1cc(CC(C)C)c(COC(=O)CC2=CC(=O)NC2=O)c(CC(C)C)c1. The molecule has 2 rings (SSSR count). The van der Waals surface area contributed by atoms with Gasteiger partial charge in [-0.3, -0.25) is 19.7 Å². The molecule has 5 nitrogen and oxygen atoms in total. The predicted octanol–water partition coefficient (Wildman–Crippen LogP) is 4.30. The summed E-state index contributed by atoms with van der Waals surface area (Å²) in [7, 11) is 0. The van der Waals surface area contributed by atoms with Gasteiger partial charge in [-0.2, -0.15) is 0 Å². The summed E-state index contributed by atoms with van der Waals surface area (Å²) >= 11 is 0. The molecule has 0 aliphatic carbocycles. The number of imide groups is 1. The molecule has 1 aliphatic rings. The molecule has 0 bridgehead atoms. The van der Waals surface area contributed by atoms with E-state index in [2.05, 4.69) is 59.0 Å². The zero-order valence-electron chi connectivity index (χ0n) is 19.1. The third kappa shape index (κ3) is 7.12. The van der Waals surface area contributed by atoms with Crippen LogP contribution in [0.25, 0.3) is 0 Å². The van der Waals surface area contributed by atoms with E-state index in [0.29, 0.717) is 17.8 Å². The Labute approximate surface area is 180 Å². The third-order valence-electron chi connectivity index (χ3n) is 4.94. The van der Waals surface area contributed by atoms with E-state index in [0.717, 1.165) is 24.8 Å². The maximum atomic E-state index is 12.3. The van der Waals surface area contributed by atoms with Crippen molar-refractivity contribution in [1.29, 1.82) is 0 Å². The van der Waals surface area contributed by atoms with Crippen LogP contribution in [0.1, 0.15) is 70.2 Å². The summed E-state index contributed by atoms with van der Waals surface area (Å²) in [6.07, 6.45) is 3.84. The van der Waals surface area contributed by atoms with E-state index in [-0.39, 0.29) is 18.6 Å². The number of carbonyl (C=O) groups excluding carboxylic acids is 3. The lowest BCUT2D eigenvalue weighted by Gasteiger charge is -2.20. The number of nitrogens with one attached hydrogen (secondary N) is 1. The fraction of sp³-hybridized carbons (Fsp3) is 0.560.